The van der Waals surface area contributed by atoms with E-state index < -0.39 is 0 Å². The second-order valence-electron chi connectivity index (χ2n) is 5.22. The van der Waals surface area contributed by atoms with E-state index in [2.05, 4.69) is 20.6 Å². The maximum absolute atomic E-state index is 5.36. The van der Waals surface area contributed by atoms with Crippen LogP contribution >= 0.6 is 0 Å². The lowest BCUT2D eigenvalue weighted by Crippen LogP contribution is -2.32. The molecule has 0 aliphatic heterocycles. The van der Waals surface area contributed by atoms with Gasteiger partial charge in [-0.15, -0.1) is 0 Å². The highest BCUT2D eigenvalue weighted by molar-refractivity contribution is 5.27. The summed E-state index contributed by atoms with van der Waals surface area (Å²) in [5.74, 6) is 1.26. The first-order valence-corrected chi connectivity index (χ1v) is 7.81. The number of hydrogen-bond acceptors (Lipinski definition) is 5. The molecule has 0 spiro atoms. The van der Waals surface area contributed by atoms with E-state index >= 15 is 0 Å². The van der Waals surface area contributed by atoms with Crippen molar-refractivity contribution in [2.75, 3.05) is 25.0 Å². The third kappa shape index (κ3) is 5.33. The largest absolute Gasteiger partial charge is 0.478 e. The van der Waals surface area contributed by atoms with Gasteiger partial charge in [0.2, 0.25) is 11.8 Å². The molecular formula is C15H26N4O. The first-order valence-electron chi connectivity index (χ1n) is 7.81. The quantitative estimate of drug-likeness (QED) is 0.593. The van der Waals surface area contributed by atoms with Crippen molar-refractivity contribution in [1.29, 1.82) is 0 Å². The Morgan fingerprint density at radius 3 is 2.75 bits per heavy atom. The van der Waals surface area contributed by atoms with Gasteiger partial charge in [-0.25, -0.2) is 4.98 Å². The van der Waals surface area contributed by atoms with Crippen LogP contribution in [0.4, 0.5) is 5.95 Å². The average Bonchev–Trinajstić information content (AvgIpc) is 2.73. The fraction of sp³-hybridized carbons (Fsp3) is 0.733. The number of nitrogens with zero attached hydrogens (tertiary/aromatic N) is 2. The number of aromatic nitrogens is 2. The van der Waals surface area contributed by atoms with Crippen LogP contribution < -0.4 is 15.4 Å². The van der Waals surface area contributed by atoms with Gasteiger partial charge in [0.1, 0.15) is 0 Å². The SMILES string of the molecule is CCOc1ccnc(NCCNC2CCCCCC2)n1. The summed E-state index contributed by atoms with van der Waals surface area (Å²) in [6.45, 7) is 4.37. The molecule has 2 rings (SSSR count). The molecule has 0 saturated heterocycles. The van der Waals surface area contributed by atoms with Gasteiger partial charge in [-0.3, -0.25) is 0 Å². The number of anilines is 1. The summed E-state index contributed by atoms with van der Waals surface area (Å²) in [5.41, 5.74) is 0. The Kier molecular flexibility index (Phi) is 6.57. The van der Waals surface area contributed by atoms with Crippen LogP contribution in [0.15, 0.2) is 12.3 Å². The van der Waals surface area contributed by atoms with Gasteiger partial charge in [-0.2, -0.15) is 4.98 Å². The molecule has 1 aromatic heterocycles. The lowest BCUT2D eigenvalue weighted by atomic mass is 10.1. The van der Waals surface area contributed by atoms with Crippen molar-refractivity contribution >= 4 is 5.95 Å². The molecule has 1 fully saturated rings. The van der Waals surface area contributed by atoms with Crippen LogP contribution in [0.2, 0.25) is 0 Å². The molecule has 0 bridgehead atoms. The normalized spacial score (nSPS) is 16.6. The third-order valence-electron chi connectivity index (χ3n) is 3.62. The summed E-state index contributed by atoms with van der Waals surface area (Å²) in [7, 11) is 0. The van der Waals surface area contributed by atoms with E-state index in [0.717, 1.165) is 13.1 Å². The van der Waals surface area contributed by atoms with Gasteiger partial charge in [-0.05, 0) is 19.8 Å². The standard InChI is InChI=1S/C15H26N4O/c1-2-20-14-9-10-17-15(19-14)18-12-11-16-13-7-5-3-4-6-8-13/h9-10,13,16H,2-8,11-12H2,1H3,(H,17,18,19). The molecule has 0 atom stereocenters. The molecule has 1 saturated carbocycles. The number of ether oxygens (including phenoxy) is 1. The molecule has 20 heavy (non-hydrogen) atoms. The molecule has 0 unspecified atom stereocenters. The molecule has 1 heterocycles. The van der Waals surface area contributed by atoms with Crippen LogP contribution in [0, 0.1) is 0 Å². The van der Waals surface area contributed by atoms with E-state index in [1.54, 1.807) is 12.3 Å². The molecule has 2 N–H and O–H groups in total. The van der Waals surface area contributed by atoms with Crippen LogP contribution in [0.1, 0.15) is 45.4 Å². The van der Waals surface area contributed by atoms with Crippen molar-refractivity contribution in [3.05, 3.63) is 12.3 Å². The Morgan fingerprint density at radius 1 is 1.20 bits per heavy atom. The van der Waals surface area contributed by atoms with E-state index in [1.807, 2.05) is 6.92 Å². The lowest BCUT2D eigenvalue weighted by molar-refractivity contribution is 0.326. The van der Waals surface area contributed by atoms with Gasteiger partial charge in [0.05, 0.1) is 6.61 Å². The van der Waals surface area contributed by atoms with Crippen molar-refractivity contribution in [2.24, 2.45) is 0 Å². The molecule has 1 aliphatic carbocycles. The maximum Gasteiger partial charge on any atom is 0.225 e. The molecule has 0 amide bonds. The summed E-state index contributed by atoms with van der Waals surface area (Å²) in [6, 6.07) is 2.47. The van der Waals surface area contributed by atoms with E-state index in [-0.39, 0.29) is 0 Å². The second kappa shape index (κ2) is 8.74. The van der Waals surface area contributed by atoms with E-state index in [9.17, 15) is 0 Å². The molecule has 1 aliphatic rings. The van der Waals surface area contributed by atoms with E-state index in [0.29, 0.717) is 24.5 Å². The third-order valence-corrected chi connectivity index (χ3v) is 3.62. The lowest BCUT2D eigenvalue weighted by Gasteiger charge is -2.16. The Balaban J connectivity index is 1.66. The summed E-state index contributed by atoms with van der Waals surface area (Å²) < 4.78 is 5.36. The number of nitrogens with one attached hydrogen (secondary N) is 2. The van der Waals surface area contributed by atoms with Crippen molar-refractivity contribution in [1.82, 2.24) is 15.3 Å². The van der Waals surface area contributed by atoms with Crippen LogP contribution in [0.3, 0.4) is 0 Å². The smallest absolute Gasteiger partial charge is 0.225 e. The van der Waals surface area contributed by atoms with Crippen molar-refractivity contribution in [3.8, 4) is 5.88 Å². The predicted molar refractivity (Wildman–Crippen MR) is 81.2 cm³/mol. The average molecular weight is 278 g/mol. The minimum Gasteiger partial charge on any atom is -0.478 e. The molecule has 112 valence electrons. The van der Waals surface area contributed by atoms with Gasteiger partial charge in [0.15, 0.2) is 0 Å². The Hall–Kier alpha value is -1.36. The molecule has 1 aromatic rings. The first kappa shape index (κ1) is 15.0. The summed E-state index contributed by atoms with van der Waals surface area (Å²) >= 11 is 0. The topological polar surface area (TPSA) is 59.1 Å². The maximum atomic E-state index is 5.36. The van der Waals surface area contributed by atoms with Gasteiger partial charge in [-0.1, -0.05) is 25.7 Å². The monoisotopic (exact) mass is 278 g/mol. The fourth-order valence-electron chi connectivity index (χ4n) is 2.59. The molecule has 5 heteroatoms. The van der Waals surface area contributed by atoms with E-state index in [1.165, 1.54) is 38.5 Å². The Labute approximate surface area is 121 Å². The zero-order valence-electron chi connectivity index (χ0n) is 12.4. The Morgan fingerprint density at radius 2 is 2.00 bits per heavy atom. The number of hydrogen-bond donors (Lipinski definition) is 2. The minimum atomic E-state index is 0.625. The zero-order valence-corrected chi connectivity index (χ0v) is 12.4. The van der Waals surface area contributed by atoms with Crippen molar-refractivity contribution < 1.29 is 4.74 Å². The molecule has 5 nitrogen and oxygen atoms in total. The van der Waals surface area contributed by atoms with Gasteiger partial charge in [0.25, 0.3) is 0 Å². The molecular weight excluding hydrogens is 252 g/mol. The highest BCUT2D eigenvalue weighted by Gasteiger charge is 2.10. The minimum absolute atomic E-state index is 0.625. The first-order chi connectivity index (χ1) is 9.88. The Bertz CT molecular complexity index is 378. The summed E-state index contributed by atoms with van der Waals surface area (Å²) in [5, 5.41) is 6.86. The van der Waals surface area contributed by atoms with Crippen molar-refractivity contribution in [3.63, 3.8) is 0 Å². The van der Waals surface area contributed by atoms with Crippen LogP contribution in [-0.4, -0.2) is 35.7 Å². The highest BCUT2D eigenvalue weighted by Crippen LogP contribution is 2.16. The van der Waals surface area contributed by atoms with Crippen LogP contribution in [0.25, 0.3) is 0 Å². The fourth-order valence-corrected chi connectivity index (χ4v) is 2.59. The summed E-state index contributed by atoms with van der Waals surface area (Å²) in [4.78, 5) is 8.48. The van der Waals surface area contributed by atoms with Crippen molar-refractivity contribution in [2.45, 2.75) is 51.5 Å². The summed E-state index contributed by atoms with van der Waals surface area (Å²) in [6.07, 6.45) is 9.88. The van der Waals surface area contributed by atoms with Gasteiger partial charge >= 0.3 is 0 Å². The van der Waals surface area contributed by atoms with Gasteiger partial charge < -0.3 is 15.4 Å². The zero-order chi connectivity index (χ0) is 14.0. The van der Waals surface area contributed by atoms with E-state index in [4.69, 9.17) is 4.74 Å². The molecule has 0 aromatic carbocycles. The second-order valence-corrected chi connectivity index (χ2v) is 5.22. The van der Waals surface area contributed by atoms with Crippen LogP contribution in [-0.2, 0) is 0 Å². The predicted octanol–water partition coefficient (Wildman–Crippen LogP) is 2.60. The highest BCUT2D eigenvalue weighted by atomic mass is 16.5. The number of rotatable bonds is 7. The van der Waals surface area contributed by atoms with Gasteiger partial charge in [0, 0.05) is 31.4 Å². The molecule has 0 radical (unpaired) electrons. The van der Waals surface area contributed by atoms with Crippen LogP contribution in [0.5, 0.6) is 5.88 Å².